The van der Waals surface area contributed by atoms with Crippen molar-refractivity contribution in [2.75, 3.05) is 19.8 Å². The highest BCUT2D eigenvalue weighted by atomic mass is 16.7. The maximum atomic E-state index is 10.9. The normalized spacial score (nSPS) is 23.8. The van der Waals surface area contributed by atoms with Gasteiger partial charge in [0.15, 0.2) is 12.6 Å². The van der Waals surface area contributed by atoms with Gasteiger partial charge < -0.3 is 59.8 Å². The molecule has 0 aromatic heterocycles. The standard InChI is InChI=1S/C24H44O8.C8H16O3.C6H12O4/c1-19(25)30-18-22-15-21(27)16-24(32-22)31-17-20(26)13-11-9-7-5-3-2-4-6-8-10-12-14-23(28)29;1-2-3-4-5-7(9)6-8(10)11;7-3-5-1-4(8)2-6(9)10-5/h20-22,24,26-27H,2-18H2,1H3,(H,28,29);7,9H,2-6H2,1H3,(H,10,11);4-9H,1-3H2/t20?,21-,22-,24+;;4-,5-,6+/m0.0/s1. The molecule has 2 rings (SSSR count). The van der Waals surface area contributed by atoms with Crippen LogP contribution in [0.15, 0.2) is 0 Å². The molecule has 2 heterocycles. The number of aliphatic carboxylic acids is 2. The minimum Gasteiger partial charge on any atom is -0.481 e. The summed E-state index contributed by atoms with van der Waals surface area (Å²) in [5, 5.41) is 72.5. The molecule has 2 saturated heterocycles. The van der Waals surface area contributed by atoms with Gasteiger partial charge in [-0.2, -0.15) is 0 Å². The second-order valence-electron chi connectivity index (χ2n) is 14.2. The molecule has 2 fully saturated rings. The summed E-state index contributed by atoms with van der Waals surface area (Å²) >= 11 is 0. The van der Waals surface area contributed by atoms with Gasteiger partial charge in [0, 0.05) is 39.0 Å². The lowest BCUT2D eigenvalue weighted by molar-refractivity contribution is -0.231. The van der Waals surface area contributed by atoms with Crippen LogP contribution in [0.5, 0.6) is 0 Å². The number of hydrogen-bond acceptors (Lipinski definition) is 13. The van der Waals surface area contributed by atoms with Crippen molar-refractivity contribution in [3.8, 4) is 0 Å². The van der Waals surface area contributed by atoms with Crippen LogP contribution >= 0.6 is 0 Å². The van der Waals surface area contributed by atoms with E-state index < -0.39 is 55.0 Å². The number of rotatable bonds is 26. The second kappa shape index (κ2) is 33.4. The lowest BCUT2D eigenvalue weighted by Gasteiger charge is -2.33. The van der Waals surface area contributed by atoms with Gasteiger partial charge in [-0.3, -0.25) is 14.4 Å². The Morgan fingerprint density at radius 2 is 1.21 bits per heavy atom. The van der Waals surface area contributed by atoms with Crippen LogP contribution in [-0.4, -0.2) is 128 Å². The first-order chi connectivity index (χ1) is 25.2. The second-order valence-corrected chi connectivity index (χ2v) is 14.2. The van der Waals surface area contributed by atoms with Crippen molar-refractivity contribution < 1.29 is 74.2 Å². The average molecular weight is 769 g/mol. The minimum atomic E-state index is -0.922. The van der Waals surface area contributed by atoms with Crippen molar-refractivity contribution in [2.45, 2.75) is 204 Å². The van der Waals surface area contributed by atoms with Crippen LogP contribution in [0.1, 0.15) is 155 Å². The number of carboxylic acids is 2. The molecule has 15 heteroatoms. The molecule has 0 saturated carbocycles. The lowest BCUT2D eigenvalue weighted by atomic mass is 10.0. The smallest absolute Gasteiger partial charge is 0.305 e. The highest BCUT2D eigenvalue weighted by molar-refractivity contribution is 5.67. The fourth-order valence-electron chi connectivity index (χ4n) is 5.94. The maximum Gasteiger partial charge on any atom is 0.305 e. The number of hydrogen-bond donors (Lipinski definition) is 8. The van der Waals surface area contributed by atoms with Gasteiger partial charge in [-0.15, -0.1) is 0 Å². The summed E-state index contributed by atoms with van der Waals surface area (Å²) in [4.78, 5) is 31.4. The monoisotopic (exact) mass is 768 g/mol. The summed E-state index contributed by atoms with van der Waals surface area (Å²) in [5.74, 6) is -2.00. The molecular weight excluding hydrogens is 696 g/mol. The molecule has 0 radical (unpaired) electrons. The first-order valence-electron chi connectivity index (χ1n) is 19.8. The maximum absolute atomic E-state index is 10.9. The largest absolute Gasteiger partial charge is 0.481 e. The van der Waals surface area contributed by atoms with Crippen LogP contribution in [0.4, 0.5) is 0 Å². The van der Waals surface area contributed by atoms with Gasteiger partial charge in [0.25, 0.3) is 0 Å². The van der Waals surface area contributed by atoms with Crippen LogP contribution < -0.4 is 0 Å². The van der Waals surface area contributed by atoms with Gasteiger partial charge in [0.2, 0.25) is 0 Å². The number of unbranched alkanes of at least 4 members (excludes halogenated alkanes) is 12. The summed E-state index contributed by atoms with van der Waals surface area (Å²) in [6.07, 6.45) is 13.6. The summed E-state index contributed by atoms with van der Waals surface area (Å²) in [6.45, 7) is 3.53. The molecule has 2 aliphatic heterocycles. The lowest BCUT2D eigenvalue weighted by Crippen LogP contribution is -2.40. The Balaban J connectivity index is 0.00000104. The molecule has 0 aliphatic carbocycles. The Labute approximate surface area is 316 Å². The van der Waals surface area contributed by atoms with Crippen LogP contribution in [0, 0.1) is 0 Å². The third-order valence-corrected chi connectivity index (χ3v) is 8.83. The molecular formula is C38H72O15. The molecule has 314 valence electrons. The van der Waals surface area contributed by atoms with Gasteiger partial charge in [0.1, 0.15) is 6.61 Å². The molecule has 0 aromatic rings. The Hall–Kier alpha value is -1.95. The van der Waals surface area contributed by atoms with E-state index in [1.807, 2.05) is 0 Å². The highest BCUT2D eigenvalue weighted by Crippen LogP contribution is 2.22. The first kappa shape index (κ1) is 51.0. The van der Waals surface area contributed by atoms with Crippen LogP contribution in [0.25, 0.3) is 0 Å². The summed E-state index contributed by atoms with van der Waals surface area (Å²) in [6, 6.07) is 0. The van der Waals surface area contributed by atoms with Gasteiger partial charge in [-0.05, 0) is 19.3 Å². The SMILES string of the molecule is CC(=O)OC[C@@H]1C[C@H](O)C[C@H](OCC(O)CCCCCCCCCCCCCC(=O)O)O1.CCCCCC(O)CC(=O)O.OC[C@@H]1C[C@H](O)C[C@H](O)O1. The third-order valence-electron chi connectivity index (χ3n) is 8.83. The zero-order valence-corrected chi connectivity index (χ0v) is 32.2. The van der Waals surface area contributed by atoms with E-state index in [4.69, 9.17) is 49.6 Å². The number of esters is 1. The van der Waals surface area contributed by atoms with Gasteiger partial charge in [0.05, 0.1) is 56.3 Å². The number of ether oxygens (including phenoxy) is 4. The molecule has 8 N–H and O–H groups in total. The zero-order chi connectivity index (χ0) is 39.9. The first-order valence-corrected chi connectivity index (χ1v) is 19.8. The van der Waals surface area contributed by atoms with E-state index in [1.165, 1.54) is 45.4 Å². The third kappa shape index (κ3) is 33.1. The van der Waals surface area contributed by atoms with Crippen LogP contribution in [0.2, 0.25) is 0 Å². The van der Waals surface area contributed by atoms with Crippen molar-refractivity contribution >= 4 is 17.9 Å². The van der Waals surface area contributed by atoms with E-state index in [0.29, 0.717) is 32.1 Å². The summed E-state index contributed by atoms with van der Waals surface area (Å²) in [7, 11) is 0. The number of carbonyl (C=O) groups is 3. The quantitative estimate of drug-likeness (QED) is 0.0454. The number of aliphatic hydroxyl groups is 6. The molecule has 15 nitrogen and oxygen atoms in total. The zero-order valence-electron chi connectivity index (χ0n) is 32.2. The predicted octanol–water partition coefficient (Wildman–Crippen LogP) is 4.19. The van der Waals surface area contributed by atoms with Crippen LogP contribution in [-0.2, 0) is 33.3 Å². The summed E-state index contributed by atoms with van der Waals surface area (Å²) in [5.41, 5.74) is 0. The average Bonchev–Trinajstić information content (AvgIpc) is 3.08. The van der Waals surface area contributed by atoms with E-state index in [1.54, 1.807) is 0 Å². The minimum absolute atomic E-state index is 0.0988. The molecule has 0 aromatic carbocycles. The Morgan fingerprint density at radius 1 is 0.679 bits per heavy atom. The molecule has 2 aliphatic rings. The molecule has 8 atom stereocenters. The fraction of sp³-hybridized carbons (Fsp3) is 0.921. The van der Waals surface area contributed by atoms with Gasteiger partial charge in [-0.25, -0.2) is 0 Å². The summed E-state index contributed by atoms with van der Waals surface area (Å²) < 4.78 is 21.1. The van der Waals surface area contributed by atoms with E-state index in [9.17, 15) is 24.6 Å². The van der Waals surface area contributed by atoms with Crippen LogP contribution in [0.3, 0.4) is 0 Å². The van der Waals surface area contributed by atoms with E-state index in [0.717, 1.165) is 51.4 Å². The van der Waals surface area contributed by atoms with Gasteiger partial charge in [-0.1, -0.05) is 90.4 Å². The highest BCUT2D eigenvalue weighted by Gasteiger charge is 2.30. The predicted molar refractivity (Wildman–Crippen MR) is 196 cm³/mol. The van der Waals surface area contributed by atoms with Crippen molar-refractivity contribution in [1.82, 2.24) is 0 Å². The fourth-order valence-corrected chi connectivity index (χ4v) is 5.94. The molecule has 2 unspecified atom stereocenters. The van der Waals surface area contributed by atoms with Crippen molar-refractivity contribution in [2.24, 2.45) is 0 Å². The topological polar surface area (TPSA) is 250 Å². The number of aliphatic hydroxyl groups excluding tert-OH is 6. The molecule has 0 spiro atoms. The molecule has 0 bridgehead atoms. The van der Waals surface area contributed by atoms with Crippen molar-refractivity contribution in [3.63, 3.8) is 0 Å². The van der Waals surface area contributed by atoms with E-state index in [2.05, 4.69) is 6.92 Å². The number of carboxylic acid groups (broad SMARTS) is 2. The molecule has 0 amide bonds. The Morgan fingerprint density at radius 3 is 1.74 bits per heavy atom. The molecule has 53 heavy (non-hydrogen) atoms. The van der Waals surface area contributed by atoms with E-state index >= 15 is 0 Å². The van der Waals surface area contributed by atoms with Crippen molar-refractivity contribution in [1.29, 1.82) is 0 Å². The Bertz CT molecular complexity index is 897. The van der Waals surface area contributed by atoms with Gasteiger partial charge >= 0.3 is 17.9 Å². The Kier molecular flexibility index (Phi) is 32.2. The van der Waals surface area contributed by atoms with E-state index in [-0.39, 0.29) is 51.2 Å². The number of carbonyl (C=O) groups excluding carboxylic acids is 1. The van der Waals surface area contributed by atoms with Crippen molar-refractivity contribution in [3.05, 3.63) is 0 Å².